The number of anilines is 2. The highest BCUT2D eigenvalue weighted by Gasteiger charge is 2.21. The van der Waals surface area contributed by atoms with Crippen molar-refractivity contribution in [1.29, 1.82) is 0 Å². The van der Waals surface area contributed by atoms with E-state index in [1.165, 1.54) is 11.3 Å². The summed E-state index contributed by atoms with van der Waals surface area (Å²) >= 11 is 1.30. The number of urea groups is 1. The maximum Gasteiger partial charge on any atom is 0.412 e. The number of aromatic nitrogens is 2. The Morgan fingerprint density at radius 3 is 2.37 bits per heavy atom. The number of hydrogen-bond donors (Lipinski definition) is 3. The van der Waals surface area contributed by atoms with E-state index in [4.69, 9.17) is 9.47 Å². The van der Waals surface area contributed by atoms with Crippen molar-refractivity contribution in [1.82, 2.24) is 25.1 Å². The molecule has 0 unspecified atom stereocenters. The van der Waals surface area contributed by atoms with E-state index in [0.29, 0.717) is 41.7 Å². The van der Waals surface area contributed by atoms with Crippen molar-refractivity contribution >= 4 is 56.7 Å². The summed E-state index contributed by atoms with van der Waals surface area (Å²) in [4.78, 5) is 64.4. The predicted octanol–water partition coefficient (Wildman–Crippen LogP) is 5.41. The zero-order valence-electron chi connectivity index (χ0n) is 27.9. The number of nitrogens with one attached hydrogen (secondary N) is 3. The Kier molecular flexibility index (Phi) is 11.9. The molecule has 0 saturated carbocycles. The van der Waals surface area contributed by atoms with Gasteiger partial charge in [-0.1, -0.05) is 30.3 Å². The maximum atomic E-state index is 13.4. The predicted molar refractivity (Wildman–Crippen MR) is 188 cm³/mol. The summed E-state index contributed by atoms with van der Waals surface area (Å²) in [5, 5.41) is 8.57. The lowest BCUT2D eigenvalue weighted by Crippen LogP contribution is -2.43. The molecule has 1 fully saturated rings. The van der Waals surface area contributed by atoms with Gasteiger partial charge < -0.3 is 25.0 Å². The summed E-state index contributed by atoms with van der Waals surface area (Å²) in [6.07, 6.45) is 1.63. The molecule has 0 radical (unpaired) electrons. The third-order valence-corrected chi connectivity index (χ3v) is 8.55. The second-order valence-corrected chi connectivity index (χ2v) is 13.5. The summed E-state index contributed by atoms with van der Waals surface area (Å²) in [5.74, 6) is -0.735. The summed E-state index contributed by atoms with van der Waals surface area (Å²) < 4.78 is 11.7. The molecule has 1 aliphatic heterocycles. The zero-order chi connectivity index (χ0) is 34.8. The number of carbonyl (C=O) groups excluding carboxylic acids is 4. The van der Waals surface area contributed by atoms with Crippen LogP contribution in [-0.2, 0) is 16.0 Å². The Morgan fingerprint density at radius 2 is 1.67 bits per heavy atom. The highest BCUT2D eigenvalue weighted by Crippen LogP contribution is 2.23. The Balaban J connectivity index is 1.21. The number of carbonyl (C=O) groups is 4. The molecule has 3 N–H and O–H groups in total. The second kappa shape index (κ2) is 16.5. The summed E-state index contributed by atoms with van der Waals surface area (Å²) in [6, 6.07) is 17.2. The van der Waals surface area contributed by atoms with Crippen molar-refractivity contribution in [3.8, 4) is 0 Å². The SMILES string of the molecule is CC(C)(C)OC(=O)Nc1ccccc1NC(=O)c1ccc(CN(CCCN2CCOCC2)C(=O)NCC(=O)c2nc3ccccc3s2)cn1. The molecule has 4 amide bonds. The molecule has 0 spiro atoms. The molecule has 1 saturated heterocycles. The lowest BCUT2D eigenvalue weighted by atomic mass is 10.2. The number of benzene rings is 2. The van der Waals surface area contributed by atoms with E-state index < -0.39 is 17.6 Å². The van der Waals surface area contributed by atoms with E-state index in [9.17, 15) is 19.2 Å². The largest absolute Gasteiger partial charge is 0.444 e. The van der Waals surface area contributed by atoms with Gasteiger partial charge in [0.05, 0.1) is 41.3 Å². The van der Waals surface area contributed by atoms with Gasteiger partial charge in [-0.15, -0.1) is 11.3 Å². The molecule has 3 heterocycles. The maximum absolute atomic E-state index is 13.4. The Bertz CT molecular complexity index is 1730. The van der Waals surface area contributed by atoms with Crippen LogP contribution in [0.2, 0.25) is 0 Å². The molecule has 258 valence electrons. The molecule has 0 atom stereocenters. The van der Waals surface area contributed by atoms with Gasteiger partial charge in [0.1, 0.15) is 11.3 Å². The van der Waals surface area contributed by atoms with Gasteiger partial charge in [-0.3, -0.25) is 24.8 Å². The zero-order valence-corrected chi connectivity index (χ0v) is 28.7. The van der Waals surface area contributed by atoms with Crippen molar-refractivity contribution < 1.29 is 28.7 Å². The number of morpholine rings is 1. The molecule has 14 heteroatoms. The molecular formula is C35H41N7O6S. The normalized spacial score (nSPS) is 13.4. The minimum atomic E-state index is -0.679. The number of ketones is 1. The summed E-state index contributed by atoms with van der Waals surface area (Å²) in [6.45, 7) is 9.65. The summed E-state index contributed by atoms with van der Waals surface area (Å²) in [7, 11) is 0. The third-order valence-electron chi connectivity index (χ3n) is 7.47. The van der Waals surface area contributed by atoms with Gasteiger partial charge in [0.15, 0.2) is 5.01 Å². The van der Waals surface area contributed by atoms with Crippen molar-refractivity contribution in [2.45, 2.75) is 39.3 Å². The van der Waals surface area contributed by atoms with Crippen LogP contribution >= 0.6 is 11.3 Å². The average Bonchev–Trinajstić information content (AvgIpc) is 3.52. The van der Waals surface area contributed by atoms with E-state index >= 15 is 0 Å². The fraction of sp³-hybridized carbons (Fsp3) is 0.371. The van der Waals surface area contributed by atoms with Gasteiger partial charge in [0.25, 0.3) is 5.91 Å². The summed E-state index contributed by atoms with van der Waals surface area (Å²) in [5.41, 5.74) is 1.69. The van der Waals surface area contributed by atoms with Crippen LogP contribution in [0.25, 0.3) is 10.2 Å². The van der Waals surface area contributed by atoms with E-state index in [1.54, 1.807) is 68.3 Å². The number of nitrogens with zero attached hydrogens (tertiary/aromatic N) is 4. The van der Waals surface area contributed by atoms with Crippen LogP contribution in [0, 0.1) is 0 Å². The van der Waals surface area contributed by atoms with E-state index in [0.717, 1.165) is 36.3 Å². The van der Waals surface area contributed by atoms with Crippen LogP contribution in [0.1, 0.15) is 53.0 Å². The highest BCUT2D eigenvalue weighted by molar-refractivity contribution is 7.20. The molecule has 5 rings (SSSR count). The van der Waals surface area contributed by atoms with Crippen LogP contribution in [-0.4, -0.2) is 95.1 Å². The highest BCUT2D eigenvalue weighted by atomic mass is 32.1. The number of fused-ring (bicyclic) bond motifs is 1. The standard InChI is InChI=1S/C35H41N7O6S/c1-35(2,3)48-34(46)40-26-10-5-4-9-25(26)38-31(44)28-14-13-24(21-36-28)23-42(16-8-15-41-17-19-47-20-18-41)33(45)37-22-29(43)32-39-27-11-6-7-12-30(27)49-32/h4-7,9-14,21H,8,15-20,22-23H2,1-3H3,(H,37,45)(H,38,44)(H,40,46). The van der Waals surface area contributed by atoms with Crippen molar-refractivity contribution in [3.63, 3.8) is 0 Å². The first kappa shape index (κ1) is 35.4. The minimum absolute atomic E-state index is 0.153. The van der Waals surface area contributed by atoms with Gasteiger partial charge in [-0.2, -0.15) is 0 Å². The topological polar surface area (TPSA) is 155 Å². The van der Waals surface area contributed by atoms with Gasteiger partial charge in [-0.05, 0) is 63.1 Å². The smallest absolute Gasteiger partial charge is 0.412 e. The lowest BCUT2D eigenvalue weighted by Gasteiger charge is -2.28. The average molecular weight is 688 g/mol. The van der Waals surface area contributed by atoms with Gasteiger partial charge >= 0.3 is 12.1 Å². The van der Waals surface area contributed by atoms with E-state index in [2.05, 4.69) is 30.8 Å². The van der Waals surface area contributed by atoms with Crippen molar-refractivity contribution in [3.05, 3.63) is 83.1 Å². The van der Waals surface area contributed by atoms with Crippen LogP contribution < -0.4 is 16.0 Å². The molecule has 4 aromatic rings. The van der Waals surface area contributed by atoms with Crippen molar-refractivity contribution in [2.24, 2.45) is 0 Å². The number of amides is 4. The molecule has 13 nitrogen and oxygen atoms in total. The Morgan fingerprint density at radius 1 is 0.959 bits per heavy atom. The molecule has 49 heavy (non-hydrogen) atoms. The quantitative estimate of drug-likeness (QED) is 0.166. The van der Waals surface area contributed by atoms with Crippen molar-refractivity contribution in [2.75, 3.05) is 56.6 Å². The van der Waals surface area contributed by atoms with E-state index in [1.807, 2.05) is 24.3 Å². The Hall–Kier alpha value is -4.92. The van der Waals surface area contributed by atoms with Crippen LogP contribution in [0.15, 0.2) is 66.9 Å². The molecular weight excluding hydrogens is 646 g/mol. The second-order valence-electron chi connectivity index (χ2n) is 12.5. The molecule has 2 aromatic heterocycles. The van der Waals surface area contributed by atoms with Gasteiger partial charge in [-0.25, -0.2) is 14.6 Å². The number of pyridine rings is 1. The molecule has 2 aromatic carbocycles. The molecule has 0 aliphatic carbocycles. The number of ether oxygens (including phenoxy) is 2. The lowest BCUT2D eigenvalue weighted by molar-refractivity contribution is 0.0364. The third kappa shape index (κ3) is 10.5. The fourth-order valence-electron chi connectivity index (χ4n) is 5.07. The molecule has 0 bridgehead atoms. The number of para-hydroxylation sites is 3. The fourth-order valence-corrected chi connectivity index (χ4v) is 5.97. The Labute approximate surface area is 289 Å². The van der Waals surface area contributed by atoms with Crippen LogP contribution in [0.5, 0.6) is 0 Å². The number of Topliss-reactive ketones (excluding diaryl/α,β-unsaturated/α-hetero) is 1. The van der Waals surface area contributed by atoms with E-state index in [-0.39, 0.29) is 30.6 Å². The van der Waals surface area contributed by atoms with Gasteiger partial charge in [0, 0.05) is 38.9 Å². The van der Waals surface area contributed by atoms with Crippen LogP contribution in [0.3, 0.4) is 0 Å². The first-order valence-corrected chi connectivity index (χ1v) is 16.9. The van der Waals surface area contributed by atoms with Crippen LogP contribution in [0.4, 0.5) is 21.0 Å². The first-order chi connectivity index (χ1) is 23.5. The molecule has 1 aliphatic rings. The van der Waals surface area contributed by atoms with Gasteiger partial charge in [0.2, 0.25) is 5.78 Å². The number of thiazole rings is 1. The monoisotopic (exact) mass is 687 g/mol. The first-order valence-electron chi connectivity index (χ1n) is 16.1. The minimum Gasteiger partial charge on any atom is -0.444 e. The number of rotatable bonds is 12. The number of hydrogen-bond acceptors (Lipinski definition) is 10.